The van der Waals surface area contributed by atoms with Crippen molar-refractivity contribution in [2.45, 2.75) is 14.4 Å². The van der Waals surface area contributed by atoms with Gasteiger partial charge in [-0.05, 0) is 41.8 Å². The van der Waals surface area contributed by atoms with Gasteiger partial charge in [-0.2, -0.15) is 5.10 Å². The van der Waals surface area contributed by atoms with Gasteiger partial charge in [0.15, 0.2) is 5.65 Å². The number of benzene rings is 2. The lowest BCUT2D eigenvalue weighted by molar-refractivity contribution is 0.416. The van der Waals surface area contributed by atoms with Gasteiger partial charge in [0.1, 0.15) is 17.9 Å². The number of methoxy groups -OCH3 is 1. The van der Waals surface area contributed by atoms with Gasteiger partial charge in [0.25, 0.3) is 0 Å². The largest absolute Gasteiger partial charge is 0.495 e. The molecule has 2 aromatic carbocycles. The number of aliphatic imine (C=N–C) groups is 1. The fourth-order valence-electron chi connectivity index (χ4n) is 3.67. The first-order valence-electron chi connectivity index (χ1n) is 9.66. The number of ether oxygens (including phenoxy) is 1. The van der Waals surface area contributed by atoms with E-state index in [-0.39, 0.29) is 7.43 Å². The molecule has 5 rings (SSSR count). The zero-order chi connectivity index (χ0) is 20.5. The van der Waals surface area contributed by atoms with Crippen LogP contribution in [0.2, 0.25) is 0 Å². The lowest BCUT2D eigenvalue weighted by atomic mass is 9.99. The fourth-order valence-corrected chi connectivity index (χ4v) is 3.67. The van der Waals surface area contributed by atoms with Crippen molar-refractivity contribution < 1.29 is 4.74 Å². The van der Waals surface area contributed by atoms with Gasteiger partial charge < -0.3 is 10.1 Å². The molecule has 0 spiro atoms. The maximum absolute atomic E-state index is 5.65. The summed E-state index contributed by atoms with van der Waals surface area (Å²) in [6, 6.07) is 14.4. The molecule has 156 valence electrons. The molecule has 3 heterocycles. The van der Waals surface area contributed by atoms with Crippen molar-refractivity contribution >= 4 is 28.3 Å². The molecular formula is C24H24N6O. The van der Waals surface area contributed by atoms with Gasteiger partial charge in [-0.15, -0.1) is 0 Å². The molecule has 0 saturated carbocycles. The molecule has 1 aliphatic rings. The first-order chi connectivity index (χ1) is 14.7. The number of hydrogen-bond acceptors (Lipinski definition) is 6. The number of aromatic nitrogens is 4. The second kappa shape index (κ2) is 8.39. The Morgan fingerprint density at radius 3 is 2.68 bits per heavy atom. The minimum Gasteiger partial charge on any atom is -0.495 e. The Bertz CT molecular complexity index is 1290. The van der Waals surface area contributed by atoms with Crippen molar-refractivity contribution in [3.05, 3.63) is 72.2 Å². The molecule has 31 heavy (non-hydrogen) atoms. The summed E-state index contributed by atoms with van der Waals surface area (Å²) in [5.41, 5.74) is 6.44. The summed E-state index contributed by atoms with van der Waals surface area (Å²) in [6.45, 7) is 2.74. The van der Waals surface area contributed by atoms with Crippen LogP contribution in [0.15, 0.2) is 65.9 Å². The number of aryl methyl sites for hydroxylation is 1. The van der Waals surface area contributed by atoms with Crippen LogP contribution < -0.4 is 10.1 Å². The monoisotopic (exact) mass is 412 g/mol. The summed E-state index contributed by atoms with van der Waals surface area (Å²) < 4.78 is 5.65. The summed E-state index contributed by atoms with van der Waals surface area (Å²) in [7, 11) is 1.67. The minimum atomic E-state index is 0. The van der Waals surface area contributed by atoms with E-state index in [1.165, 1.54) is 6.33 Å². The quantitative estimate of drug-likeness (QED) is 0.477. The molecule has 7 nitrogen and oxygen atoms in total. The van der Waals surface area contributed by atoms with E-state index in [4.69, 9.17) is 4.74 Å². The molecule has 0 atom stereocenters. The summed E-state index contributed by atoms with van der Waals surface area (Å²) in [4.78, 5) is 13.3. The Morgan fingerprint density at radius 1 is 1.10 bits per heavy atom. The van der Waals surface area contributed by atoms with Crippen LogP contribution in [0, 0.1) is 6.92 Å². The number of rotatable bonds is 5. The molecule has 0 saturated heterocycles. The van der Waals surface area contributed by atoms with Crippen molar-refractivity contribution in [1.82, 2.24) is 20.2 Å². The van der Waals surface area contributed by atoms with E-state index in [2.05, 4.69) is 55.6 Å². The molecule has 2 aromatic heterocycles. The van der Waals surface area contributed by atoms with Crippen LogP contribution in [-0.2, 0) is 0 Å². The molecule has 7 heteroatoms. The molecule has 2 N–H and O–H groups in total. The minimum absolute atomic E-state index is 0. The molecule has 0 fully saturated rings. The third kappa shape index (κ3) is 3.66. The maximum atomic E-state index is 5.65. The second-order valence-corrected chi connectivity index (χ2v) is 7.01. The maximum Gasteiger partial charge on any atom is 0.186 e. The van der Waals surface area contributed by atoms with Crippen LogP contribution in [0.25, 0.3) is 22.2 Å². The number of anilines is 2. The van der Waals surface area contributed by atoms with Crippen LogP contribution in [0.3, 0.4) is 0 Å². The van der Waals surface area contributed by atoms with Gasteiger partial charge in [0.2, 0.25) is 0 Å². The van der Waals surface area contributed by atoms with Gasteiger partial charge >= 0.3 is 0 Å². The molecule has 0 bridgehead atoms. The van der Waals surface area contributed by atoms with Crippen LogP contribution in [0.4, 0.5) is 11.5 Å². The highest BCUT2D eigenvalue weighted by Crippen LogP contribution is 2.36. The van der Waals surface area contributed by atoms with E-state index in [1.807, 2.05) is 36.4 Å². The van der Waals surface area contributed by atoms with Gasteiger partial charge in [0, 0.05) is 0 Å². The molecule has 0 radical (unpaired) electrons. The Morgan fingerprint density at radius 2 is 1.94 bits per heavy atom. The lowest BCUT2D eigenvalue weighted by Gasteiger charge is -2.15. The van der Waals surface area contributed by atoms with Crippen molar-refractivity contribution in [1.29, 1.82) is 0 Å². The van der Waals surface area contributed by atoms with Gasteiger partial charge in [-0.25, -0.2) is 9.97 Å². The average Bonchev–Trinajstić information content (AvgIpc) is 3.45. The van der Waals surface area contributed by atoms with Crippen molar-refractivity contribution in [3.8, 4) is 16.9 Å². The topological polar surface area (TPSA) is 88.1 Å². The SMILES string of the molecule is C.COc1cc(C)c(-c2ccccc2)cc1Nc1ncnc2n[nH]c(C3=NCC=C3)c12. The summed E-state index contributed by atoms with van der Waals surface area (Å²) in [6.07, 6.45) is 5.48. The number of aromatic amines is 1. The molecule has 4 aromatic rings. The van der Waals surface area contributed by atoms with E-state index in [0.29, 0.717) is 18.0 Å². The smallest absolute Gasteiger partial charge is 0.186 e. The van der Waals surface area contributed by atoms with E-state index < -0.39 is 0 Å². The Hall–Kier alpha value is -4.00. The van der Waals surface area contributed by atoms with E-state index >= 15 is 0 Å². The van der Waals surface area contributed by atoms with E-state index in [0.717, 1.165) is 44.9 Å². The predicted molar refractivity (Wildman–Crippen MR) is 125 cm³/mol. The van der Waals surface area contributed by atoms with Crippen LogP contribution in [0.1, 0.15) is 18.7 Å². The van der Waals surface area contributed by atoms with Gasteiger partial charge in [0.05, 0.1) is 36.1 Å². The zero-order valence-electron chi connectivity index (χ0n) is 16.7. The number of allylic oxidation sites excluding steroid dienone is 1. The molecule has 0 amide bonds. The highest BCUT2D eigenvalue weighted by atomic mass is 16.5. The summed E-state index contributed by atoms with van der Waals surface area (Å²) in [5.74, 6) is 1.38. The highest BCUT2D eigenvalue weighted by molar-refractivity contribution is 6.17. The standard InChI is InChI=1S/C23H20N6O.CH4/c1-14-11-19(30-2)18(12-16(14)15-7-4-3-5-8-15)27-22-20-21(17-9-6-10-24-17)28-29-23(20)26-13-25-22;/h3-9,11-13H,10H2,1-2H3,(H2,25,26,27,28,29);1H4. The van der Waals surface area contributed by atoms with Crippen LogP contribution in [0.5, 0.6) is 5.75 Å². The number of H-pyrrole nitrogens is 1. The Balaban J connectivity index is 0.00000231. The second-order valence-electron chi connectivity index (χ2n) is 7.01. The van der Waals surface area contributed by atoms with E-state index in [1.54, 1.807) is 7.11 Å². The number of nitrogens with one attached hydrogen (secondary N) is 2. The van der Waals surface area contributed by atoms with Gasteiger partial charge in [-0.3, -0.25) is 10.1 Å². The third-order valence-corrected chi connectivity index (χ3v) is 5.13. The Kier molecular flexibility index (Phi) is 5.49. The molecule has 1 aliphatic heterocycles. The Labute approximate surface area is 180 Å². The average molecular weight is 412 g/mol. The van der Waals surface area contributed by atoms with Crippen LogP contribution in [-0.4, -0.2) is 39.5 Å². The highest BCUT2D eigenvalue weighted by Gasteiger charge is 2.18. The summed E-state index contributed by atoms with van der Waals surface area (Å²) >= 11 is 0. The predicted octanol–water partition coefficient (Wildman–Crippen LogP) is 5.08. The van der Waals surface area contributed by atoms with E-state index in [9.17, 15) is 0 Å². The van der Waals surface area contributed by atoms with Crippen LogP contribution >= 0.6 is 0 Å². The molecule has 0 unspecified atom stereocenters. The fraction of sp³-hybridized carbons (Fsp3) is 0.167. The third-order valence-electron chi connectivity index (χ3n) is 5.13. The van der Waals surface area contributed by atoms with Crippen molar-refractivity contribution in [2.75, 3.05) is 19.0 Å². The first kappa shape index (κ1) is 20.3. The lowest BCUT2D eigenvalue weighted by Crippen LogP contribution is -2.02. The number of fused-ring (bicyclic) bond motifs is 1. The zero-order valence-corrected chi connectivity index (χ0v) is 16.7. The van der Waals surface area contributed by atoms with Crippen molar-refractivity contribution in [2.24, 2.45) is 4.99 Å². The first-order valence-corrected chi connectivity index (χ1v) is 9.66. The van der Waals surface area contributed by atoms with Gasteiger partial charge in [-0.1, -0.05) is 43.8 Å². The number of hydrogen-bond donors (Lipinski definition) is 2. The van der Waals surface area contributed by atoms with Crippen molar-refractivity contribution in [3.63, 3.8) is 0 Å². The molecular weight excluding hydrogens is 388 g/mol. The molecule has 0 aliphatic carbocycles. The summed E-state index contributed by atoms with van der Waals surface area (Å²) in [5, 5.41) is 11.6. The number of nitrogens with zero attached hydrogens (tertiary/aromatic N) is 4. The normalized spacial score (nSPS) is 12.5.